The number of piperazine rings is 1. The van der Waals surface area contributed by atoms with Crippen molar-refractivity contribution >= 4 is 27.5 Å². The lowest BCUT2D eigenvalue weighted by atomic mass is 10.3. The van der Waals surface area contributed by atoms with Crippen molar-refractivity contribution < 1.29 is 4.79 Å². The second kappa shape index (κ2) is 4.25. The van der Waals surface area contributed by atoms with Gasteiger partial charge in [0.2, 0.25) is 5.91 Å². The van der Waals surface area contributed by atoms with Gasteiger partial charge in [-0.1, -0.05) is 0 Å². The van der Waals surface area contributed by atoms with E-state index in [-0.39, 0.29) is 18.0 Å². The Labute approximate surface area is 100 Å². The fourth-order valence-electron chi connectivity index (χ4n) is 1.57. The molecule has 6 nitrogen and oxygen atoms in total. The molecule has 0 unspecified atom stereocenters. The van der Waals surface area contributed by atoms with E-state index in [9.17, 15) is 9.59 Å². The molecule has 0 radical (unpaired) electrons. The van der Waals surface area contributed by atoms with Gasteiger partial charge in [0.15, 0.2) is 0 Å². The van der Waals surface area contributed by atoms with Crippen molar-refractivity contribution in [2.24, 2.45) is 7.05 Å². The average molecular weight is 287 g/mol. The normalized spacial score (nSPS) is 16.1. The van der Waals surface area contributed by atoms with Crippen molar-refractivity contribution in [2.75, 3.05) is 24.5 Å². The number of nitrogens with one attached hydrogen (secondary N) is 1. The number of aryl methyl sites for hydroxylation is 1. The molecule has 2 rings (SSSR count). The highest BCUT2D eigenvalue weighted by molar-refractivity contribution is 9.10. The van der Waals surface area contributed by atoms with Crippen LogP contribution in [0, 0.1) is 0 Å². The van der Waals surface area contributed by atoms with Gasteiger partial charge in [0.05, 0.1) is 18.4 Å². The fourth-order valence-corrected chi connectivity index (χ4v) is 2.18. The summed E-state index contributed by atoms with van der Waals surface area (Å²) in [5.41, 5.74) is 0.460. The highest BCUT2D eigenvalue weighted by atomic mass is 79.9. The number of carbonyl (C=O) groups excluding carboxylic acids is 1. The SMILES string of the molecule is Cn1ncc(N2CCNC(=O)C2)c(Br)c1=O. The number of rotatable bonds is 1. The van der Waals surface area contributed by atoms with E-state index in [1.807, 2.05) is 4.90 Å². The van der Waals surface area contributed by atoms with E-state index in [1.54, 1.807) is 13.2 Å². The molecule has 1 aliphatic heterocycles. The van der Waals surface area contributed by atoms with E-state index in [0.29, 0.717) is 23.2 Å². The predicted molar refractivity (Wildman–Crippen MR) is 62.4 cm³/mol. The zero-order chi connectivity index (χ0) is 11.7. The third-order valence-electron chi connectivity index (χ3n) is 2.44. The Balaban J connectivity index is 2.37. The van der Waals surface area contributed by atoms with Crippen LogP contribution in [0.3, 0.4) is 0 Å². The number of amides is 1. The van der Waals surface area contributed by atoms with Gasteiger partial charge >= 0.3 is 0 Å². The molecule has 1 amide bonds. The Hall–Kier alpha value is -1.37. The summed E-state index contributed by atoms with van der Waals surface area (Å²) >= 11 is 3.24. The van der Waals surface area contributed by atoms with Crippen molar-refractivity contribution in [3.63, 3.8) is 0 Å². The quantitative estimate of drug-likeness (QED) is 0.754. The number of anilines is 1. The maximum atomic E-state index is 11.6. The van der Waals surface area contributed by atoms with Crippen LogP contribution in [0.2, 0.25) is 0 Å². The summed E-state index contributed by atoms with van der Waals surface area (Å²) in [6.07, 6.45) is 1.59. The van der Waals surface area contributed by atoms with Gasteiger partial charge in [-0.2, -0.15) is 5.10 Å². The fraction of sp³-hybridized carbons (Fsp3) is 0.444. The van der Waals surface area contributed by atoms with Crippen molar-refractivity contribution in [1.82, 2.24) is 15.1 Å². The van der Waals surface area contributed by atoms with Crippen LogP contribution < -0.4 is 15.8 Å². The molecule has 16 heavy (non-hydrogen) atoms. The first-order valence-electron chi connectivity index (χ1n) is 4.83. The zero-order valence-corrected chi connectivity index (χ0v) is 10.3. The second-order valence-corrected chi connectivity index (χ2v) is 4.34. The largest absolute Gasteiger partial charge is 0.358 e. The van der Waals surface area contributed by atoms with E-state index < -0.39 is 0 Å². The first-order chi connectivity index (χ1) is 7.59. The van der Waals surface area contributed by atoms with E-state index in [0.717, 1.165) is 0 Å². The number of halogens is 1. The Kier molecular flexibility index (Phi) is 2.95. The summed E-state index contributed by atoms with van der Waals surface area (Å²) in [5, 5.41) is 6.67. The molecule has 0 atom stereocenters. The van der Waals surface area contributed by atoms with Gasteiger partial charge in [0.1, 0.15) is 4.47 Å². The predicted octanol–water partition coefficient (Wildman–Crippen LogP) is -0.521. The van der Waals surface area contributed by atoms with Gasteiger partial charge in [-0.3, -0.25) is 9.59 Å². The Morgan fingerprint density at radius 1 is 1.50 bits per heavy atom. The molecule has 0 bridgehead atoms. The minimum atomic E-state index is -0.205. The molecule has 0 spiro atoms. The summed E-state index contributed by atoms with van der Waals surface area (Å²) < 4.78 is 1.69. The smallest absolute Gasteiger partial charge is 0.282 e. The van der Waals surface area contributed by atoms with Crippen LogP contribution in [0.15, 0.2) is 15.5 Å². The third kappa shape index (κ3) is 1.95. The molecule has 1 aromatic rings. The van der Waals surface area contributed by atoms with Crippen LogP contribution >= 0.6 is 15.9 Å². The summed E-state index contributed by atoms with van der Waals surface area (Å²) in [7, 11) is 1.58. The van der Waals surface area contributed by atoms with E-state index in [4.69, 9.17) is 0 Å². The maximum absolute atomic E-state index is 11.6. The molecule has 1 saturated heterocycles. The Morgan fingerprint density at radius 2 is 2.25 bits per heavy atom. The second-order valence-electron chi connectivity index (χ2n) is 3.54. The van der Waals surface area contributed by atoms with Gasteiger partial charge in [0, 0.05) is 20.1 Å². The monoisotopic (exact) mass is 286 g/mol. The maximum Gasteiger partial charge on any atom is 0.282 e. The lowest BCUT2D eigenvalue weighted by Crippen LogP contribution is -2.48. The standard InChI is InChI=1S/C9H11BrN4O2/c1-13-9(16)8(10)6(4-12-13)14-3-2-11-7(15)5-14/h4H,2-3,5H2,1H3,(H,11,15). The number of hydrogen-bond donors (Lipinski definition) is 1. The highest BCUT2D eigenvalue weighted by Crippen LogP contribution is 2.21. The summed E-state index contributed by atoms with van der Waals surface area (Å²) in [4.78, 5) is 24.7. The molecule has 0 aromatic carbocycles. The number of nitrogens with zero attached hydrogens (tertiary/aromatic N) is 3. The topological polar surface area (TPSA) is 67.2 Å². The molecule has 1 aromatic heterocycles. The summed E-state index contributed by atoms with van der Waals surface area (Å²) in [6, 6.07) is 0. The van der Waals surface area contributed by atoms with E-state index in [1.165, 1.54) is 4.68 Å². The number of carbonyl (C=O) groups is 1. The molecular formula is C9H11BrN4O2. The molecule has 1 aliphatic rings. The van der Waals surface area contributed by atoms with Crippen LogP contribution in [0.5, 0.6) is 0 Å². The summed E-state index contributed by atoms with van der Waals surface area (Å²) in [6.45, 7) is 1.52. The molecular weight excluding hydrogens is 276 g/mol. The van der Waals surface area contributed by atoms with Gasteiger partial charge < -0.3 is 10.2 Å². The molecule has 0 saturated carbocycles. The van der Waals surface area contributed by atoms with Crippen LogP contribution in [-0.4, -0.2) is 35.3 Å². The van der Waals surface area contributed by atoms with E-state index in [2.05, 4.69) is 26.3 Å². The first-order valence-corrected chi connectivity index (χ1v) is 5.62. The minimum absolute atomic E-state index is 0.0428. The summed E-state index contributed by atoms with van der Waals surface area (Å²) in [5.74, 6) is -0.0428. The van der Waals surface area contributed by atoms with Crippen LogP contribution in [0.4, 0.5) is 5.69 Å². The number of hydrogen-bond acceptors (Lipinski definition) is 4. The van der Waals surface area contributed by atoms with Crippen molar-refractivity contribution in [2.45, 2.75) is 0 Å². The van der Waals surface area contributed by atoms with Crippen molar-refractivity contribution in [3.8, 4) is 0 Å². The lowest BCUT2D eigenvalue weighted by Gasteiger charge is -2.28. The Bertz CT molecular complexity index is 485. The van der Waals surface area contributed by atoms with Crippen LogP contribution in [0.25, 0.3) is 0 Å². The molecule has 1 fully saturated rings. The van der Waals surface area contributed by atoms with E-state index >= 15 is 0 Å². The third-order valence-corrected chi connectivity index (χ3v) is 3.18. The average Bonchev–Trinajstić information content (AvgIpc) is 2.26. The molecule has 2 heterocycles. The molecule has 0 aliphatic carbocycles. The minimum Gasteiger partial charge on any atom is -0.358 e. The van der Waals surface area contributed by atoms with Gasteiger partial charge in [-0.15, -0.1) is 0 Å². The zero-order valence-electron chi connectivity index (χ0n) is 8.73. The van der Waals surface area contributed by atoms with Crippen molar-refractivity contribution in [1.29, 1.82) is 0 Å². The lowest BCUT2D eigenvalue weighted by molar-refractivity contribution is -0.120. The highest BCUT2D eigenvalue weighted by Gasteiger charge is 2.20. The van der Waals surface area contributed by atoms with Crippen LogP contribution in [0.1, 0.15) is 0 Å². The first kappa shape index (κ1) is 11.1. The van der Waals surface area contributed by atoms with Gasteiger partial charge in [-0.25, -0.2) is 4.68 Å². The molecule has 86 valence electrons. The number of aromatic nitrogens is 2. The molecule has 7 heteroatoms. The van der Waals surface area contributed by atoms with Crippen molar-refractivity contribution in [3.05, 3.63) is 21.0 Å². The van der Waals surface area contributed by atoms with Gasteiger partial charge in [-0.05, 0) is 15.9 Å². The molecule has 1 N–H and O–H groups in total. The van der Waals surface area contributed by atoms with Crippen LogP contribution in [-0.2, 0) is 11.8 Å². The Morgan fingerprint density at radius 3 is 2.94 bits per heavy atom. The van der Waals surface area contributed by atoms with Gasteiger partial charge in [0.25, 0.3) is 5.56 Å².